The average molecular weight is 429 g/mol. The molecule has 0 saturated heterocycles. The molecule has 2 rings (SSSR count). The second-order valence-corrected chi connectivity index (χ2v) is 4.93. The fourth-order valence-corrected chi connectivity index (χ4v) is 2.31. The highest BCUT2D eigenvalue weighted by molar-refractivity contribution is 9.08. The fourth-order valence-electron chi connectivity index (χ4n) is 1.61. The van der Waals surface area contributed by atoms with Crippen molar-refractivity contribution in [2.24, 2.45) is 0 Å². The van der Waals surface area contributed by atoms with Crippen LogP contribution in [-0.4, -0.2) is 9.97 Å². The normalized spacial score (nSPS) is 10.1. The van der Waals surface area contributed by atoms with E-state index in [4.69, 9.17) is 34.7 Å². The Labute approximate surface area is 139 Å². The molecule has 0 amide bonds. The Hall–Kier alpha value is -0.560. The molecule has 0 saturated carbocycles. The monoisotopic (exact) mass is 426 g/mol. The van der Waals surface area contributed by atoms with Crippen molar-refractivity contribution in [2.75, 3.05) is 11.5 Å². The van der Waals surface area contributed by atoms with Gasteiger partial charge in [0, 0.05) is 10.9 Å². The molecule has 0 unspecified atom stereocenters. The standard InChI is InChI=1S/C11H9BrCl2N4.BrH/c12-4-8-9(10(15)18-11(16)17-8)5-1-2-6(13)7(14)3-5;/h1-3H,4H2,(H4,15,16,17,18);1H. The third kappa shape index (κ3) is 3.51. The number of anilines is 2. The topological polar surface area (TPSA) is 77.8 Å². The summed E-state index contributed by atoms with van der Waals surface area (Å²) in [5, 5.41) is 1.45. The van der Waals surface area contributed by atoms with Gasteiger partial charge in [0.05, 0.1) is 15.7 Å². The molecule has 8 heteroatoms. The van der Waals surface area contributed by atoms with Gasteiger partial charge in [0.2, 0.25) is 5.95 Å². The van der Waals surface area contributed by atoms with Crippen LogP contribution in [0.25, 0.3) is 11.1 Å². The van der Waals surface area contributed by atoms with Gasteiger partial charge >= 0.3 is 0 Å². The Morgan fingerprint density at radius 2 is 1.79 bits per heavy atom. The highest BCUT2D eigenvalue weighted by atomic mass is 79.9. The largest absolute Gasteiger partial charge is 0.383 e. The molecule has 2 aromatic rings. The molecule has 0 aliphatic heterocycles. The second-order valence-electron chi connectivity index (χ2n) is 3.55. The predicted molar refractivity (Wildman–Crippen MR) is 89.3 cm³/mol. The van der Waals surface area contributed by atoms with E-state index < -0.39 is 0 Å². The van der Waals surface area contributed by atoms with Crippen molar-refractivity contribution < 1.29 is 0 Å². The number of nitrogens with zero attached hydrogens (tertiary/aromatic N) is 2. The van der Waals surface area contributed by atoms with Crippen LogP contribution in [0.15, 0.2) is 18.2 Å². The van der Waals surface area contributed by atoms with Crippen molar-refractivity contribution in [1.82, 2.24) is 9.97 Å². The number of benzene rings is 1. The van der Waals surface area contributed by atoms with E-state index in [0.29, 0.717) is 32.5 Å². The van der Waals surface area contributed by atoms with Crippen molar-refractivity contribution in [1.29, 1.82) is 0 Å². The van der Waals surface area contributed by atoms with Gasteiger partial charge in [-0.2, -0.15) is 4.98 Å². The summed E-state index contributed by atoms with van der Waals surface area (Å²) >= 11 is 15.2. The number of alkyl halides is 1. The second kappa shape index (κ2) is 6.74. The van der Waals surface area contributed by atoms with Crippen LogP contribution in [0.4, 0.5) is 11.8 Å². The lowest BCUT2D eigenvalue weighted by atomic mass is 10.1. The third-order valence-corrected chi connectivity index (χ3v) is 3.63. The molecule has 0 bridgehead atoms. The smallest absolute Gasteiger partial charge is 0.222 e. The molecule has 19 heavy (non-hydrogen) atoms. The fraction of sp³-hybridized carbons (Fsp3) is 0.0909. The summed E-state index contributed by atoms with van der Waals surface area (Å²) < 4.78 is 0. The number of nitrogen functional groups attached to an aromatic ring is 2. The van der Waals surface area contributed by atoms with Gasteiger partial charge in [-0.1, -0.05) is 45.2 Å². The molecule has 0 spiro atoms. The van der Waals surface area contributed by atoms with Crippen LogP contribution in [0.5, 0.6) is 0 Å². The Bertz CT molecular complexity index is 607. The van der Waals surface area contributed by atoms with Crippen LogP contribution in [-0.2, 0) is 5.33 Å². The van der Waals surface area contributed by atoms with Crippen LogP contribution in [0.3, 0.4) is 0 Å². The van der Waals surface area contributed by atoms with E-state index in [1.54, 1.807) is 12.1 Å². The van der Waals surface area contributed by atoms with E-state index in [1.807, 2.05) is 6.07 Å². The zero-order valence-electron chi connectivity index (χ0n) is 9.53. The molecule has 1 aromatic heterocycles. The average Bonchev–Trinajstić information content (AvgIpc) is 2.32. The maximum Gasteiger partial charge on any atom is 0.222 e. The zero-order chi connectivity index (χ0) is 13.3. The van der Waals surface area contributed by atoms with Crippen LogP contribution in [0.2, 0.25) is 10.0 Å². The first kappa shape index (κ1) is 16.5. The van der Waals surface area contributed by atoms with Crippen LogP contribution >= 0.6 is 56.1 Å². The Morgan fingerprint density at radius 1 is 1.11 bits per heavy atom. The number of hydrogen-bond acceptors (Lipinski definition) is 4. The van der Waals surface area contributed by atoms with Crippen molar-refractivity contribution in [2.45, 2.75) is 5.33 Å². The first-order valence-electron chi connectivity index (χ1n) is 4.96. The summed E-state index contributed by atoms with van der Waals surface area (Å²) in [4.78, 5) is 8.10. The third-order valence-electron chi connectivity index (χ3n) is 2.36. The molecule has 4 N–H and O–H groups in total. The maximum absolute atomic E-state index is 5.99. The summed E-state index contributed by atoms with van der Waals surface area (Å²) in [6, 6.07) is 5.24. The SMILES string of the molecule is Br.Nc1nc(N)c(-c2ccc(Cl)c(Cl)c2)c(CBr)n1. The van der Waals surface area contributed by atoms with Crippen LogP contribution in [0.1, 0.15) is 5.69 Å². The van der Waals surface area contributed by atoms with Crippen molar-refractivity contribution >= 4 is 67.9 Å². The molecule has 1 aromatic carbocycles. The van der Waals surface area contributed by atoms with E-state index in [9.17, 15) is 0 Å². The van der Waals surface area contributed by atoms with Crippen LogP contribution in [0, 0.1) is 0 Å². The summed E-state index contributed by atoms with van der Waals surface area (Å²) in [7, 11) is 0. The van der Waals surface area contributed by atoms with Gasteiger partial charge in [0.15, 0.2) is 0 Å². The van der Waals surface area contributed by atoms with E-state index in [1.165, 1.54) is 0 Å². The number of rotatable bonds is 2. The summed E-state index contributed by atoms with van der Waals surface area (Å²) in [5.74, 6) is 0.459. The molecule has 0 aliphatic carbocycles. The lowest BCUT2D eigenvalue weighted by molar-refractivity contribution is 1.12. The number of nitrogens with two attached hydrogens (primary N) is 2. The van der Waals surface area contributed by atoms with Gasteiger partial charge in [-0.3, -0.25) is 0 Å². The number of aromatic nitrogens is 2. The molecule has 0 fully saturated rings. The molecule has 1 heterocycles. The lowest BCUT2D eigenvalue weighted by Gasteiger charge is -2.11. The van der Waals surface area contributed by atoms with E-state index in [2.05, 4.69) is 25.9 Å². The minimum absolute atomic E-state index is 0. The molecule has 102 valence electrons. The zero-order valence-corrected chi connectivity index (χ0v) is 14.3. The highest BCUT2D eigenvalue weighted by Gasteiger charge is 2.13. The summed E-state index contributed by atoms with van der Waals surface area (Å²) in [6.45, 7) is 0. The van der Waals surface area contributed by atoms with Gasteiger partial charge in [-0.25, -0.2) is 4.98 Å². The lowest BCUT2D eigenvalue weighted by Crippen LogP contribution is -2.05. The Kier molecular flexibility index (Phi) is 5.85. The van der Waals surface area contributed by atoms with E-state index in [0.717, 1.165) is 5.56 Å². The molecule has 4 nitrogen and oxygen atoms in total. The van der Waals surface area contributed by atoms with E-state index in [-0.39, 0.29) is 22.9 Å². The molecular formula is C11H10Br2Cl2N4. The van der Waals surface area contributed by atoms with Gasteiger partial charge in [-0.15, -0.1) is 17.0 Å². The quantitative estimate of drug-likeness (QED) is 0.706. The Morgan fingerprint density at radius 3 is 2.37 bits per heavy atom. The van der Waals surface area contributed by atoms with Crippen molar-refractivity contribution in [3.63, 3.8) is 0 Å². The maximum atomic E-state index is 5.99. The molecule has 0 atom stereocenters. The minimum atomic E-state index is 0. The summed E-state index contributed by atoms with van der Waals surface area (Å²) in [6.07, 6.45) is 0. The summed E-state index contributed by atoms with van der Waals surface area (Å²) in [5.41, 5.74) is 13.7. The Balaban J connectivity index is 0.00000180. The molecular weight excluding hydrogens is 419 g/mol. The van der Waals surface area contributed by atoms with Gasteiger partial charge in [0.1, 0.15) is 5.82 Å². The molecule has 0 radical (unpaired) electrons. The number of hydrogen-bond donors (Lipinski definition) is 2. The minimum Gasteiger partial charge on any atom is -0.383 e. The first-order chi connectivity index (χ1) is 8.52. The predicted octanol–water partition coefficient (Wildman–Crippen LogP) is 4.09. The van der Waals surface area contributed by atoms with E-state index >= 15 is 0 Å². The molecule has 0 aliphatic rings. The first-order valence-corrected chi connectivity index (χ1v) is 6.84. The van der Waals surface area contributed by atoms with Crippen molar-refractivity contribution in [3.05, 3.63) is 33.9 Å². The van der Waals surface area contributed by atoms with Gasteiger partial charge in [-0.05, 0) is 17.7 Å². The highest BCUT2D eigenvalue weighted by Crippen LogP contribution is 2.33. The number of halogens is 4. The van der Waals surface area contributed by atoms with Crippen molar-refractivity contribution in [3.8, 4) is 11.1 Å². The van der Waals surface area contributed by atoms with Gasteiger partial charge < -0.3 is 11.5 Å². The van der Waals surface area contributed by atoms with Gasteiger partial charge in [0.25, 0.3) is 0 Å². The van der Waals surface area contributed by atoms with Crippen LogP contribution < -0.4 is 11.5 Å².